The predicted octanol–water partition coefficient (Wildman–Crippen LogP) is 2.00. The molecule has 1 aliphatic rings. The van der Waals surface area contributed by atoms with Crippen LogP contribution in [0.15, 0.2) is 24.4 Å². The topological polar surface area (TPSA) is 53.3 Å². The summed E-state index contributed by atoms with van der Waals surface area (Å²) >= 11 is 0. The Kier molecular flexibility index (Phi) is 3.21. The number of hydrogen-bond acceptors (Lipinski definition) is 4. The number of fused-ring (bicyclic) bond motifs is 1. The Morgan fingerprint density at radius 2 is 2.32 bits per heavy atom. The number of aromatic nitrogens is 2. The number of methoxy groups -OCH3 is 1. The van der Waals surface area contributed by atoms with Crippen LogP contribution in [0.25, 0.3) is 10.9 Å². The third-order valence-electron chi connectivity index (χ3n) is 3.27. The first-order chi connectivity index (χ1) is 9.29. The number of nitrogens with zero attached hydrogens (tertiary/aromatic N) is 2. The van der Waals surface area contributed by atoms with E-state index in [1.807, 2.05) is 16.8 Å². The molecule has 0 amide bonds. The van der Waals surface area contributed by atoms with Crippen molar-refractivity contribution >= 4 is 16.9 Å². The normalized spacial score (nSPS) is 14.8. The average Bonchev–Trinajstić information content (AvgIpc) is 3.17. The molecular formula is C14H16N2O3. The summed E-state index contributed by atoms with van der Waals surface area (Å²) in [6.45, 7) is 1.36. The fourth-order valence-corrected chi connectivity index (χ4v) is 2.11. The van der Waals surface area contributed by atoms with Crippen molar-refractivity contribution in [2.24, 2.45) is 0 Å². The zero-order valence-corrected chi connectivity index (χ0v) is 10.8. The minimum Gasteiger partial charge on any atom is -0.465 e. The molecule has 1 fully saturated rings. The molecular weight excluding hydrogens is 244 g/mol. The molecule has 19 heavy (non-hydrogen) atoms. The molecule has 1 heterocycles. The fourth-order valence-electron chi connectivity index (χ4n) is 2.11. The second-order valence-electron chi connectivity index (χ2n) is 4.67. The van der Waals surface area contributed by atoms with Crippen molar-refractivity contribution in [2.75, 3.05) is 13.7 Å². The highest BCUT2D eigenvalue weighted by molar-refractivity contribution is 6.03. The van der Waals surface area contributed by atoms with Gasteiger partial charge >= 0.3 is 5.97 Å². The van der Waals surface area contributed by atoms with Crippen LogP contribution in [0.3, 0.4) is 0 Å². The molecule has 0 atom stereocenters. The minimum absolute atomic E-state index is 0.334. The van der Waals surface area contributed by atoms with E-state index in [2.05, 4.69) is 5.10 Å². The van der Waals surface area contributed by atoms with Crippen LogP contribution in [0.2, 0.25) is 0 Å². The van der Waals surface area contributed by atoms with E-state index in [-0.39, 0.29) is 5.97 Å². The summed E-state index contributed by atoms with van der Waals surface area (Å²) in [5.41, 5.74) is 1.48. The summed E-state index contributed by atoms with van der Waals surface area (Å²) in [4.78, 5) is 11.7. The Morgan fingerprint density at radius 3 is 3.05 bits per heavy atom. The lowest BCUT2D eigenvalue weighted by atomic mass is 10.1. The molecule has 5 nitrogen and oxygen atoms in total. The first-order valence-electron chi connectivity index (χ1n) is 6.44. The van der Waals surface area contributed by atoms with Gasteiger partial charge in [-0.1, -0.05) is 6.07 Å². The molecule has 1 aliphatic carbocycles. The van der Waals surface area contributed by atoms with Crippen molar-refractivity contribution in [3.63, 3.8) is 0 Å². The number of carbonyl (C=O) groups excluding carboxylic acids is 1. The van der Waals surface area contributed by atoms with Gasteiger partial charge in [-0.05, 0) is 25.0 Å². The highest BCUT2D eigenvalue weighted by Crippen LogP contribution is 2.23. The number of carbonyl (C=O) groups is 1. The van der Waals surface area contributed by atoms with E-state index in [1.165, 1.54) is 20.0 Å². The van der Waals surface area contributed by atoms with Crippen molar-refractivity contribution in [2.45, 2.75) is 25.5 Å². The maximum Gasteiger partial charge on any atom is 0.338 e. The van der Waals surface area contributed by atoms with Crippen LogP contribution in [0.1, 0.15) is 23.2 Å². The van der Waals surface area contributed by atoms with Crippen molar-refractivity contribution in [3.8, 4) is 0 Å². The molecule has 0 aliphatic heterocycles. The van der Waals surface area contributed by atoms with Crippen molar-refractivity contribution in [1.29, 1.82) is 0 Å². The Labute approximate surface area is 111 Å². The summed E-state index contributed by atoms with van der Waals surface area (Å²) in [6, 6.07) is 5.54. The lowest BCUT2D eigenvalue weighted by Crippen LogP contribution is -2.08. The summed E-state index contributed by atoms with van der Waals surface area (Å²) in [7, 11) is 1.38. The highest BCUT2D eigenvalue weighted by Gasteiger charge is 2.21. The largest absolute Gasteiger partial charge is 0.465 e. The van der Waals surface area contributed by atoms with Gasteiger partial charge < -0.3 is 9.47 Å². The molecule has 0 radical (unpaired) electrons. The molecule has 0 spiro atoms. The minimum atomic E-state index is -0.334. The van der Waals surface area contributed by atoms with E-state index in [9.17, 15) is 4.79 Å². The molecule has 1 aromatic carbocycles. The second-order valence-corrected chi connectivity index (χ2v) is 4.67. The van der Waals surface area contributed by atoms with Crippen LogP contribution in [0.5, 0.6) is 0 Å². The van der Waals surface area contributed by atoms with Crippen LogP contribution < -0.4 is 0 Å². The summed E-state index contributed by atoms with van der Waals surface area (Å²) in [6.07, 6.45) is 4.50. The van der Waals surface area contributed by atoms with E-state index in [0.717, 1.165) is 10.9 Å². The highest BCUT2D eigenvalue weighted by atomic mass is 16.5. The molecule has 3 rings (SSSR count). The third-order valence-corrected chi connectivity index (χ3v) is 3.27. The molecule has 0 unspecified atom stereocenters. The number of hydrogen-bond donors (Lipinski definition) is 0. The van der Waals surface area contributed by atoms with Gasteiger partial charge in [0.05, 0.1) is 43.6 Å². The smallest absolute Gasteiger partial charge is 0.338 e. The van der Waals surface area contributed by atoms with Crippen molar-refractivity contribution in [1.82, 2.24) is 9.78 Å². The quantitative estimate of drug-likeness (QED) is 0.772. The van der Waals surface area contributed by atoms with Gasteiger partial charge in [-0.2, -0.15) is 5.10 Å². The first-order valence-corrected chi connectivity index (χ1v) is 6.44. The van der Waals surface area contributed by atoms with Crippen LogP contribution in [0.4, 0.5) is 0 Å². The van der Waals surface area contributed by atoms with Gasteiger partial charge in [-0.3, -0.25) is 4.68 Å². The third kappa shape index (κ3) is 2.46. The van der Waals surface area contributed by atoms with E-state index in [0.29, 0.717) is 24.8 Å². The Morgan fingerprint density at radius 1 is 1.47 bits per heavy atom. The van der Waals surface area contributed by atoms with Crippen LogP contribution in [-0.4, -0.2) is 35.6 Å². The van der Waals surface area contributed by atoms with Gasteiger partial charge in [0.25, 0.3) is 0 Å². The molecule has 2 aromatic rings. The number of rotatable bonds is 5. The molecule has 0 N–H and O–H groups in total. The van der Waals surface area contributed by atoms with Crippen molar-refractivity contribution < 1.29 is 14.3 Å². The number of benzene rings is 1. The number of esters is 1. The Balaban J connectivity index is 1.83. The van der Waals surface area contributed by atoms with E-state index in [4.69, 9.17) is 9.47 Å². The monoisotopic (exact) mass is 260 g/mol. The van der Waals surface area contributed by atoms with Crippen LogP contribution in [-0.2, 0) is 16.0 Å². The molecule has 1 aromatic heterocycles. The van der Waals surface area contributed by atoms with Gasteiger partial charge in [-0.15, -0.1) is 0 Å². The Hall–Kier alpha value is -1.88. The zero-order chi connectivity index (χ0) is 13.2. The average molecular weight is 260 g/mol. The maximum atomic E-state index is 11.7. The maximum absolute atomic E-state index is 11.7. The van der Waals surface area contributed by atoms with Gasteiger partial charge in [0.1, 0.15) is 0 Å². The Bertz CT molecular complexity index is 602. The zero-order valence-electron chi connectivity index (χ0n) is 10.8. The van der Waals surface area contributed by atoms with Gasteiger partial charge in [0.2, 0.25) is 0 Å². The molecule has 0 saturated heterocycles. The van der Waals surface area contributed by atoms with Gasteiger partial charge in [-0.25, -0.2) is 4.79 Å². The SMILES string of the molecule is COC(=O)c1cccc2c1cnn2CCOC1CC1. The van der Waals surface area contributed by atoms with E-state index < -0.39 is 0 Å². The lowest BCUT2D eigenvalue weighted by Gasteiger charge is -2.05. The van der Waals surface area contributed by atoms with E-state index >= 15 is 0 Å². The molecule has 100 valence electrons. The summed E-state index contributed by atoms with van der Waals surface area (Å²) < 4.78 is 12.3. The molecule has 1 saturated carbocycles. The second kappa shape index (κ2) is 5.01. The number of ether oxygens (including phenoxy) is 2. The first kappa shape index (κ1) is 12.2. The van der Waals surface area contributed by atoms with E-state index in [1.54, 1.807) is 12.3 Å². The van der Waals surface area contributed by atoms with Gasteiger partial charge in [0, 0.05) is 5.39 Å². The van der Waals surface area contributed by atoms with Crippen LogP contribution in [0, 0.1) is 0 Å². The van der Waals surface area contributed by atoms with Crippen LogP contribution >= 0.6 is 0 Å². The molecule has 5 heteroatoms. The summed E-state index contributed by atoms with van der Waals surface area (Å²) in [5.74, 6) is -0.334. The van der Waals surface area contributed by atoms with Gasteiger partial charge in [0.15, 0.2) is 0 Å². The predicted molar refractivity (Wildman–Crippen MR) is 70.0 cm³/mol. The fraction of sp³-hybridized carbons (Fsp3) is 0.429. The van der Waals surface area contributed by atoms with Crippen molar-refractivity contribution in [3.05, 3.63) is 30.0 Å². The molecule has 0 bridgehead atoms. The summed E-state index contributed by atoms with van der Waals surface area (Å²) in [5, 5.41) is 5.14. The lowest BCUT2D eigenvalue weighted by molar-refractivity contribution is 0.0603. The standard InChI is InChI=1S/C14H16N2O3/c1-18-14(17)11-3-2-4-13-12(11)9-15-16(13)7-8-19-10-5-6-10/h2-4,9-10H,5-8H2,1H3.